The number of carbonyl (C=O) groups excluding carboxylic acids is 2. The number of carbonyl (C=O) groups is 2. The number of rotatable bonds is 3. The summed E-state index contributed by atoms with van der Waals surface area (Å²) in [5, 5.41) is 4.27. The van der Waals surface area contributed by atoms with Crippen LogP contribution in [0.2, 0.25) is 0 Å². The van der Waals surface area contributed by atoms with Gasteiger partial charge in [0.15, 0.2) is 0 Å². The highest BCUT2D eigenvalue weighted by molar-refractivity contribution is 6.03. The normalized spacial score (nSPS) is 19.9. The van der Waals surface area contributed by atoms with Crippen LogP contribution in [0.25, 0.3) is 10.9 Å². The zero-order valence-electron chi connectivity index (χ0n) is 17.7. The Balaban J connectivity index is 1.44. The van der Waals surface area contributed by atoms with E-state index < -0.39 is 6.04 Å². The van der Waals surface area contributed by atoms with Crippen molar-refractivity contribution in [1.29, 1.82) is 0 Å². The van der Waals surface area contributed by atoms with Crippen molar-refractivity contribution in [3.05, 3.63) is 107 Å². The third-order valence-corrected chi connectivity index (χ3v) is 6.81. The topological polar surface area (TPSA) is 65.2 Å². The van der Waals surface area contributed by atoms with Crippen LogP contribution >= 0.6 is 0 Å². The first-order chi connectivity index (χ1) is 15.6. The summed E-state index contributed by atoms with van der Waals surface area (Å²) in [6, 6.07) is 24.8. The van der Waals surface area contributed by atoms with E-state index in [0.29, 0.717) is 12.0 Å². The smallest absolute Gasteiger partial charge is 0.255 e. The Morgan fingerprint density at radius 2 is 1.72 bits per heavy atom. The Kier molecular flexibility index (Phi) is 4.18. The fourth-order valence-corrected chi connectivity index (χ4v) is 5.27. The van der Waals surface area contributed by atoms with Crippen molar-refractivity contribution in [2.75, 3.05) is 0 Å². The van der Waals surface area contributed by atoms with Crippen LogP contribution in [0, 0.1) is 0 Å². The predicted octanol–water partition coefficient (Wildman–Crippen LogP) is 4.52. The lowest BCUT2D eigenvalue weighted by Crippen LogP contribution is -2.52. The van der Waals surface area contributed by atoms with Crippen molar-refractivity contribution in [1.82, 2.24) is 15.2 Å². The molecule has 0 saturated carbocycles. The summed E-state index contributed by atoms with van der Waals surface area (Å²) in [6.07, 6.45) is 0.489. The molecule has 32 heavy (non-hydrogen) atoms. The second kappa shape index (κ2) is 7.09. The highest BCUT2D eigenvalue weighted by Gasteiger charge is 2.48. The first-order valence-corrected chi connectivity index (χ1v) is 11.0. The molecule has 0 radical (unpaired) electrons. The molecule has 0 fully saturated rings. The molecule has 2 aliphatic heterocycles. The van der Waals surface area contributed by atoms with Crippen LogP contribution in [0.4, 0.5) is 0 Å². The Morgan fingerprint density at radius 3 is 2.56 bits per heavy atom. The summed E-state index contributed by atoms with van der Waals surface area (Å²) < 4.78 is 0. The largest absolute Gasteiger partial charge is 0.356 e. The fraction of sp³-hybridized carbons (Fsp3) is 0.185. The number of para-hydroxylation sites is 1. The number of benzene rings is 3. The van der Waals surface area contributed by atoms with Gasteiger partial charge >= 0.3 is 0 Å². The number of hydrogen-bond donors (Lipinski definition) is 2. The molecule has 0 bridgehead atoms. The number of H-pyrrole nitrogens is 1. The molecule has 2 unspecified atom stereocenters. The molecule has 2 aliphatic rings. The molecule has 5 nitrogen and oxygen atoms in total. The molecule has 5 heteroatoms. The van der Waals surface area contributed by atoms with E-state index in [1.54, 1.807) is 4.90 Å². The van der Waals surface area contributed by atoms with Gasteiger partial charge in [-0.1, -0.05) is 66.7 Å². The molecular weight excluding hydrogens is 398 g/mol. The maximum atomic E-state index is 13.6. The van der Waals surface area contributed by atoms with Crippen molar-refractivity contribution >= 4 is 22.7 Å². The summed E-state index contributed by atoms with van der Waals surface area (Å²) >= 11 is 0. The third-order valence-electron chi connectivity index (χ3n) is 6.81. The molecule has 2 amide bonds. The number of nitrogens with one attached hydrogen (secondary N) is 2. The molecule has 1 aromatic heterocycles. The molecule has 2 N–H and O–H groups in total. The monoisotopic (exact) mass is 421 g/mol. The van der Waals surface area contributed by atoms with Crippen LogP contribution in [-0.4, -0.2) is 27.7 Å². The maximum Gasteiger partial charge on any atom is 0.255 e. The lowest BCUT2D eigenvalue weighted by Gasteiger charge is -2.37. The molecule has 158 valence electrons. The molecule has 0 aliphatic carbocycles. The number of fused-ring (bicyclic) bond motifs is 7. The van der Waals surface area contributed by atoms with Gasteiger partial charge in [-0.3, -0.25) is 9.59 Å². The van der Waals surface area contributed by atoms with Crippen LogP contribution in [0.15, 0.2) is 78.9 Å². The molecule has 0 saturated heterocycles. The minimum Gasteiger partial charge on any atom is -0.356 e. The second-order valence-electron chi connectivity index (χ2n) is 8.63. The fourth-order valence-electron chi connectivity index (χ4n) is 5.27. The highest BCUT2D eigenvalue weighted by Crippen LogP contribution is 2.46. The zero-order chi connectivity index (χ0) is 21.8. The van der Waals surface area contributed by atoms with E-state index in [4.69, 9.17) is 0 Å². The standard InChI is InChI=1S/C27H23N3O2/c1-16(17-9-3-2-4-10-17)28-26(31)23-15-21-18-11-7-8-14-22(18)29-24(21)25-19-12-5-6-13-20(19)27(32)30(23)25/h2-14,16,23,25,29H,15H2,1H3,(H,28,31)/t16?,23-,25?/m0/s1. The van der Waals surface area contributed by atoms with Gasteiger partial charge < -0.3 is 15.2 Å². The lowest BCUT2D eigenvalue weighted by molar-refractivity contribution is -0.127. The number of aromatic nitrogens is 1. The van der Waals surface area contributed by atoms with Crippen molar-refractivity contribution < 1.29 is 9.59 Å². The van der Waals surface area contributed by atoms with Crippen molar-refractivity contribution in [3.63, 3.8) is 0 Å². The maximum absolute atomic E-state index is 13.6. The zero-order valence-corrected chi connectivity index (χ0v) is 17.7. The Labute approximate surface area is 186 Å². The Bertz CT molecular complexity index is 1360. The first-order valence-electron chi connectivity index (χ1n) is 11.0. The summed E-state index contributed by atoms with van der Waals surface area (Å²) in [6.45, 7) is 1.98. The van der Waals surface area contributed by atoms with E-state index in [0.717, 1.165) is 33.3 Å². The number of amides is 2. The lowest BCUT2D eigenvalue weighted by atomic mass is 9.89. The quantitative estimate of drug-likeness (QED) is 0.511. The molecule has 4 aromatic rings. The second-order valence-corrected chi connectivity index (χ2v) is 8.63. The van der Waals surface area contributed by atoms with E-state index in [1.165, 1.54) is 0 Å². The molecule has 0 spiro atoms. The summed E-state index contributed by atoms with van der Waals surface area (Å²) in [7, 11) is 0. The summed E-state index contributed by atoms with van der Waals surface area (Å²) in [5.74, 6) is -0.203. The Morgan fingerprint density at radius 1 is 1.00 bits per heavy atom. The van der Waals surface area contributed by atoms with Crippen molar-refractivity contribution in [2.24, 2.45) is 0 Å². The van der Waals surface area contributed by atoms with E-state index in [-0.39, 0.29) is 23.9 Å². The third kappa shape index (κ3) is 2.71. The minimum absolute atomic E-state index is 0.0811. The van der Waals surface area contributed by atoms with Gasteiger partial charge in [0, 0.05) is 28.6 Å². The van der Waals surface area contributed by atoms with E-state index in [9.17, 15) is 9.59 Å². The van der Waals surface area contributed by atoms with Crippen molar-refractivity contribution in [2.45, 2.75) is 31.5 Å². The van der Waals surface area contributed by atoms with Crippen LogP contribution in [0.5, 0.6) is 0 Å². The predicted molar refractivity (Wildman–Crippen MR) is 123 cm³/mol. The van der Waals surface area contributed by atoms with E-state index in [1.807, 2.05) is 79.7 Å². The van der Waals surface area contributed by atoms with Crippen molar-refractivity contribution in [3.8, 4) is 0 Å². The van der Waals surface area contributed by atoms with Gasteiger partial charge in [0.2, 0.25) is 5.91 Å². The minimum atomic E-state index is -0.572. The van der Waals surface area contributed by atoms with Crippen LogP contribution in [0.3, 0.4) is 0 Å². The molecule has 3 aromatic carbocycles. The van der Waals surface area contributed by atoms with Crippen LogP contribution in [-0.2, 0) is 11.2 Å². The van der Waals surface area contributed by atoms with Crippen LogP contribution in [0.1, 0.15) is 51.7 Å². The molecule has 6 rings (SSSR count). The molecular formula is C27H23N3O2. The average Bonchev–Trinajstić information content (AvgIpc) is 3.35. The number of nitrogens with zero attached hydrogens (tertiary/aromatic N) is 1. The summed E-state index contributed by atoms with van der Waals surface area (Å²) in [4.78, 5) is 32.4. The number of hydrogen-bond acceptors (Lipinski definition) is 2. The first kappa shape index (κ1) is 18.9. The average molecular weight is 422 g/mol. The van der Waals surface area contributed by atoms with Gasteiger partial charge in [-0.05, 0) is 35.7 Å². The van der Waals surface area contributed by atoms with Gasteiger partial charge in [0.05, 0.1) is 12.1 Å². The van der Waals surface area contributed by atoms with Gasteiger partial charge in [-0.2, -0.15) is 0 Å². The highest BCUT2D eigenvalue weighted by atomic mass is 16.2. The number of aromatic amines is 1. The molecule has 3 atom stereocenters. The molecule has 3 heterocycles. The van der Waals surface area contributed by atoms with Gasteiger partial charge in [-0.15, -0.1) is 0 Å². The van der Waals surface area contributed by atoms with Crippen LogP contribution < -0.4 is 5.32 Å². The van der Waals surface area contributed by atoms with Gasteiger partial charge in [0.25, 0.3) is 5.91 Å². The van der Waals surface area contributed by atoms with E-state index in [2.05, 4.69) is 16.4 Å². The van der Waals surface area contributed by atoms with Gasteiger partial charge in [0.1, 0.15) is 6.04 Å². The van der Waals surface area contributed by atoms with Gasteiger partial charge in [-0.25, -0.2) is 0 Å². The SMILES string of the molecule is CC(NC(=O)[C@@H]1Cc2c([nH]c3ccccc23)C2c3ccccc3C(=O)N21)c1ccccc1. The van der Waals surface area contributed by atoms with E-state index >= 15 is 0 Å². The Hall–Kier alpha value is -3.86. The summed E-state index contributed by atoms with van der Waals surface area (Å²) in [5.41, 5.74) is 5.85.